The van der Waals surface area contributed by atoms with Crippen LogP contribution in [0.3, 0.4) is 0 Å². The van der Waals surface area contributed by atoms with Crippen LogP contribution in [0.25, 0.3) is 6.08 Å². The average Bonchev–Trinajstić information content (AvgIpc) is 2.18. The van der Waals surface area contributed by atoms with Crippen molar-refractivity contribution in [3.05, 3.63) is 48.1 Å². The third-order valence-electron chi connectivity index (χ3n) is 2.21. The molecule has 0 saturated heterocycles. The van der Waals surface area contributed by atoms with Gasteiger partial charge in [-0.3, -0.25) is 0 Å². The zero-order valence-corrected chi connectivity index (χ0v) is 7.62. The van der Waals surface area contributed by atoms with Crippen molar-refractivity contribution >= 4 is 6.08 Å². The normalized spacial score (nSPS) is 14.4. The molecule has 1 radical (unpaired) electrons. The molecule has 0 saturated carbocycles. The lowest BCUT2D eigenvalue weighted by molar-refractivity contribution is 0.188. The number of hydrogen-bond acceptors (Lipinski definition) is 1. The molecule has 0 fully saturated rings. The molecule has 67 valence electrons. The van der Waals surface area contributed by atoms with E-state index >= 15 is 0 Å². The summed E-state index contributed by atoms with van der Waals surface area (Å²) in [5.74, 6) is 1.06. The Morgan fingerprint density at radius 1 is 1.31 bits per heavy atom. The number of fused-ring (bicyclic) bond motifs is 1. The molecule has 1 aliphatic rings. The largest absolute Gasteiger partial charge is 0.493 e. The van der Waals surface area contributed by atoms with Crippen LogP contribution >= 0.6 is 0 Å². The highest BCUT2D eigenvalue weighted by Gasteiger charge is 2.08. The second kappa shape index (κ2) is 3.65. The number of allylic oxidation sites excluding steroid dienone is 1. The lowest BCUT2D eigenvalue weighted by Gasteiger charge is -2.17. The van der Waals surface area contributed by atoms with Gasteiger partial charge in [0.15, 0.2) is 0 Å². The summed E-state index contributed by atoms with van der Waals surface area (Å²) in [6, 6.07) is 8.33. The Morgan fingerprint density at radius 3 is 3.00 bits per heavy atom. The topological polar surface area (TPSA) is 9.23 Å². The van der Waals surface area contributed by atoms with E-state index in [9.17, 15) is 0 Å². The first kappa shape index (κ1) is 8.36. The molecule has 1 aromatic carbocycles. The molecule has 0 aromatic heterocycles. The van der Waals surface area contributed by atoms with Crippen LogP contribution in [0, 0.1) is 6.92 Å². The molecule has 1 aliphatic heterocycles. The van der Waals surface area contributed by atoms with Crippen LogP contribution in [0.15, 0.2) is 30.0 Å². The second-order valence-electron chi connectivity index (χ2n) is 3.20. The minimum absolute atomic E-state index is 0.710. The predicted octanol–water partition coefficient (Wildman–Crippen LogP) is 3.17. The number of ether oxygens (including phenoxy) is 1. The molecule has 1 nitrogen and oxygen atoms in total. The van der Waals surface area contributed by atoms with Gasteiger partial charge < -0.3 is 4.74 Å². The molecule has 0 unspecified atom stereocenters. The van der Waals surface area contributed by atoms with E-state index in [1.807, 2.05) is 6.07 Å². The summed E-state index contributed by atoms with van der Waals surface area (Å²) >= 11 is 0. The van der Waals surface area contributed by atoms with Crippen LogP contribution < -0.4 is 0 Å². The highest BCUT2D eigenvalue weighted by atomic mass is 16.5. The Bertz CT molecular complexity index is 326. The Labute approximate surface area is 79.0 Å². The number of rotatable bonds is 2. The van der Waals surface area contributed by atoms with Crippen LogP contribution in [0.5, 0.6) is 0 Å². The van der Waals surface area contributed by atoms with E-state index in [0.29, 0.717) is 6.61 Å². The van der Waals surface area contributed by atoms with Gasteiger partial charge in [-0.15, -0.1) is 0 Å². The number of hydrogen-bond donors (Lipinski definition) is 0. The summed E-state index contributed by atoms with van der Waals surface area (Å²) in [4.78, 5) is 0. The lowest BCUT2D eigenvalue weighted by Crippen LogP contribution is -2.01. The van der Waals surface area contributed by atoms with Gasteiger partial charge in [0.05, 0.1) is 5.76 Å². The molecule has 2 rings (SSSR count). The van der Waals surface area contributed by atoms with Gasteiger partial charge in [-0.25, -0.2) is 0 Å². The van der Waals surface area contributed by atoms with Crippen molar-refractivity contribution in [3.8, 4) is 0 Å². The Morgan fingerprint density at radius 2 is 2.15 bits per heavy atom. The van der Waals surface area contributed by atoms with Crippen LogP contribution in [0.1, 0.15) is 24.0 Å². The molecule has 0 aliphatic carbocycles. The summed E-state index contributed by atoms with van der Waals surface area (Å²) in [7, 11) is 0. The minimum Gasteiger partial charge on any atom is -0.493 e. The molecule has 0 spiro atoms. The smallest absolute Gasteiger partial charge is 0.113 e. The van der Waals surface area contributed by atoms with Crippen LogP contribution in [0.4, 0.5) is 0 Å². The van der Waals surface area contributed by atoms with Gasteiger partial charge in [-0.05, 0) is 23.6 Å². The third-order valence-corrected chi connectivity index (χ3v) is 2.21. The highest BCUT2D eigenvalue weighted by molar-refractivity contribution is 5.56. The molecular weight excluding hydrogens is 160 g/mol. The first-order valence-corrected chi connectivity index (χ1v) is 4.60. The third kappa shape index (κ3) is 1.74. The van der Waals surface area contributed by atoms with E-state index in [-0.39, 0.29) is 0 Å². The molecule has 13 heavy (non-hydrogen) atoms. The maximum absolute atomic E-state index is 5.57. The zero-order valence-electron chi connectivity index (χ0n) is 7.62. The SMILES string of the molecule is [CH2]CCC1=Cc2ccccc2CO1. The minimum atomic E-state index is 0.710. The van der Waals surface area contributed by atoms with Gasteiger partial charge in [-0.1, -0.05) is 31.2 Å². The van der Waals surface area contributed by atoms with Crippen LogP contribution in [0.2, 0.25) is 0 Å². The van der Waals surface area contributed by atoms with Crippen molar-refractivity contribution in [2.45, 2.75) is 19.4 Å². The van der Waals surface area contributed by atoms with Gasteiger partial charge in [-0.2, -0.15) is 0 Å². The molecule has 0 bridgehead atoms. The van der Waals surface area contributed by atoms with Gasteiger partial charge in [0, 0.05) is 6.42 Å². The van der Waals surface area contributed by atoms with E-state index in [1.54, 1.807) is 0 Å². The van der Waals surface area contributed by atoms with Gasteiger partial charge in [0.25, 0.3) is 0 Å². The van der Waals surface area contributed by atoms with Crippen molar-refractivity contribution < 1.29 is 4.74 Å². The average molecular weight is 173 g/mol. The van der Waals surface area contributed by atoms with E-state index < -0.39 is 0 Å². The summed E-state index contributed by atoms with van der Waals surface area (Å²) in [6.07, 6.45) is 3.95. The Kier molecular flexibility index (Phi) is 2.35. The predicted molar refractivity (Wildman–Crippen MR) is 53.8 cm³/mol. The molecule has 0 N–H and O–H groups in total. The first-order valence-electron chi connectivity index (χ1n) is 4.60. The summed E-state index contributed by atoms with van der Waals surface area (Å²) in [5, 5.41) is 0. The zero-order chi connectivity index (χ0) is 9.10. The fourth-order valence-corrected chi connectivity index (χ4v) is 1.51. The monoisotopic (exact) mass is 173 g/mol. The van der Waals surface area contributed by atoms with Crippen molar-refractivity contribution in [1.29, 1.82) is 0 Å². The molecule has 0 amide bonds. The lowest BCUT2D eigenvalue weighted by atomic mass is 10.0. The van der Waals surface area contributed by atoms with Crippen molar-refractivity contribution in [1.82, 2.24) is 0 Å². The van der Waals surface area contributed by atoms with Crippen molar-refractivity contribution in [2.75, 3.05) is 0 Å². The number of benzene rings is 1. The summed E-state index contributed by atoms with van der Waals surface area (Å²) < 4.78 is 5.57. The molecular formula is C12H13O. The Balaban J connectivity index is 2.28. The first-order chi connectivity index (χ1) is 6.40. The maximum Gasteiger partial charge on any atom is 0.113 e. The standard InChI is InChI=1S/C12H13O/c1-2-5-12-8-10-6-3-4-7-11(10)9-13-12/h3-4,6-8H,1-2,5,9H2. The van der Waals surface area contributed by atoms with Crippen molar-refractivity contribution in [2.24, 2.45) is 0 Å². The quantitative estimate of drug-likeness (QED) is 0.667. The van der Waals surface area contributed by atoms with Crippen LogP contribution in [-0.2, 0) is 11.3 Å². The second-order valence-corrected chi connectivity index (χ2v) is 3.20. The van der Waals surface area contributed by atoms with Crippen molar-refractivity contribution in [3.63, 3.8) is 0 Å². The summed E-state index contributed by atoms with van der Waals surface area (Å²) in [6.45, 7) is 4.53. The summed E-state index contributed by atoms with van der Waals surface area (Å²) in [5.41, 5.74) is 2.56. The van der Waals surface area contributed by atoms with Crippen LogP contribution in [-0.4, -0.2) is 0 Å². The van der Waals surface area contributed by atoms with Gasteiger partial charge >= 0.3 is 0 Å². The van der Waals surface area contributed by atoms with E-state index in [2.05, 4.69) is 31.2 Å². The fraction of sp³-hybridized carbons (Fsp3) is 0.250. The van der Waals surface area contributed by atoms with Gasteiger partial charge in [0.1, 0.15) is 6.61 Å². The fourth-order valence-electron chi connectivity index (χ4n) is 1.51. The van der Waals surface area contributed by atoms with E-state index in [4.69, 9.17) is 4.74 Å². The van der Waals surface area contributed by atoms with E-state index in [1.165, 1.54) is 11.1 Å². The Hall–Kier alpha value is -1.24. The van der Waals surface area contributed by atoms with E-state index in [0.717, 1.165) is 18.6 Å². The maximum atomic E-state index is 5.57. The highest BCUT2D eigenvalue weighted by Crippen LogP contribution is 2.23. The molecule has 1 heterocycles. The molecule has 1 heteroatoms. The molecule has 1 aromatic rings. The van der Waals surface area contributed by atoms with Gasteiger partial charge in [0.2, 0.25) is 0 Å². The molecule has 0 atom stereocenters.